The van der Waals surface area contributed by atoms with Crippen molar-refractivity contribution in [2.45, 2.75) is 18.9 Å². The van der Waals surface area contributed by atoms with Gasteiger partial charge >= 0.3 is 0 Å². The summed E-state index contributed by atoms with van der Waals surface area (Å²) in [4.78, 5) is 0. The molecule has 1 fully saturated rings. The summed E-state index contributed by atoms with van der Waals surface area (Å²) < 4.78 is 0. The Morgan fingerprint density at radius 2 is 1.57 bits per heavy atom. The first-order chi connectivity index (χ1) is 3.29. The highest BCUT2D eigenvalue weighted by Gasteiger charge is 2.17. The van der Waals surface area contributed by atoms with Crippen LogP contribution in [-0.4, -0.2) is 22.7 Å². The highest BCUT2D eigenvalue weighted by Crippen LogP contribution is 1.95. The van der Waals surface area contributed by atoms with Crippen LogP contribution in [0.15, 0.2) is 0 Å². The minimum Gasteiger partial charge on any atom is -0.377 e. The van der Waals surface area contributed by atoms with Gasteiger partial charge < -0.3 is 10.2 Å². The molecule has 1 aliphatic heterocycles. The molecule has 4 nitrogen and oxygen atoms in total. The molecule has 0 amide bonds. The van der Waals surface area contributed by atoms with Crippen LogP contribution in [0.2, 0.25) is 0 Å². The van der Waals surface area contributed by atoms with Crippen molar-refractivity contribution in [3.05, 3.63) is 0 Å². The average molecular weight is 104 g/mol. The van der Waals surface area contributed by atoms with Gasteiger partial charge in [-0.1, -0.05) is 0 Å². The van der Waals surface area contributed by atoms with E-state index in [1.54, 1.807) is 0 Å². The first kappa shape index (κ1) is 4.99. The molecule has 0 bridgehead atoms. The van der Waals surface area contributed by atoms with Gasteiger partial charge in [-0.25, -0.2) is 10.9 Å². The number of aliphatic hydroxyl groups is 2. The number of hydrogen-bond acceptors (Lipinski definition) is 4. The molecule has 1 saturated heterocycles. The van der Waals surface area contributed by atoms with Crippen LogP contribution in [-0.2, 0) is 0 Å². The van der Waals surface area contributed by atoms with E-state index in [0.717, 1.165) is 0 Å². The molecule has 42 valence electrons. The smallest absolute Gasteiger partial charge is 0.121 e. The van der Waals surface area contributed by atoms with Gasteiger partial charge in [-0.2, -0.15) is 0 Å². The Morgan fingerprint density at radius 1 is 1.14 bits per heavy atom. The Kier molecular flexibility index (Phi) is 1.25. The van der Waals surface area contributed by atoms with Gasteiger partial charge in [-0.15, -0.1) is 0 Å². The molecule has 0 aromatic heterocycles. The zero-order valence-corrected chi connectivity index (χ0v) is 3.76. The molecule has 7 heavy (non-hydrogen) atoms. The summed E-state index contributed by atoms with van der Waals surface area (Å²) in [6, 6.07) is 0. The van der Waals surface area contributed by atoms with E-state index in [1.165, 1.54) is 0 Å². The van der Waals surface area contributed by atoms with Crippen LogP contribution >= 0.6 is 0 Å². The lowest BCUT2D eigenvalue weighted by Crippen LogP contribution is -2.32. The lowest BCUT2D eigenvalue weighted by molar-refractivity contribution is 0.128. The third kappa shape index (κ3) is 1.10. The molecule has 0 aromatic rings. The van der Waals surface area contributed by atoms with Gasteiger partial charge in [-0.3, -0.25) is 0 Å². The SMILES string of the molecule is O[C@@H]1C[C@H](O)NN1. The normalized spacial score (nSPS) is 42.0. The van der Waals surface area contributed by atoms with E-state index in [-0.39, 0.29) is 0 Å². The van der Waals surface area contributed by atoms with Crippen LogP contribution in [0, 0.1) is 0 Å². The van der Waals surface area contributed by atoms with Gasteiger partial charge in [0.15, 0.2) is 0 Å². The standard InChI is InChI=1S/C3H8N2O2/c6-2-1-3(7)5-4-2/h2-7H,1H2/t2-,3+. The summed E-state index contributed by atoms with van der Waals surface area (Å²) in [6.45, 7) is 0. The Hall–Kier alpha value is -0.160. The topological polar surface area (TPSA) is 64.5 Å². The third-order valence-electron chi connectivity index (χ3n) is 0.863. The number of hydrazine groups is 1. The van der Waals surface area contributed by atoms with E-state index >= 15 is 0 Å². The molecular formula is C3H8N2O2. The number of aliphatic hydroxyl groups excluding tert-OH is 2. The highest BCUT2D eigenvalue weighted by molar-refractivity contribution is 4.63. The van der Waals surface area contributed by atoms with Crippen molar-refractivity contribution in [3.8, 4) is 0 Å². The molecule has 0 aromatic carbocycles. The summed E-state index contributed by atoms with van der Waals surface area (Å²) in [5, 5.41) is 17.1. The number of rotatable bonds is 0. The molecular weight excluding hydrogens is 96.0 g/mol. The molecule has 1 rings (SSSR count). The van der Waals surface area contributed by atoms with E-state index in [1.807, 2.05) is 0 Å². The molecule has 1 aliphatic rings. The second-order valence-electron chi connectivity index (χ2n) is 1.56. The second-order valence-corrected chi connectivity index (χ2v) is 1.56. The third-order valence-corrected chi connectivity index (χ3v) is 0.863. The van der Waals surface area contributed by atoms with Crippen LogP contribution in [0.25, 0.3) is 0 Å². The molecule has 0 unspecified atom stereocenters. The van der Waals surface area contributed by atoms with Crippen molar-refractivity contribution in [3.63, 3.8) is 0 Å². The fourth-order valence-electron chi connectivity index (χ4n) is 0.522. The Balaban J connectivity index is 2.26. The maximum absolute atomic E-state index is 8.57. The molecule has 0 saturated carbocycles. The van der Waals surface area contributed by atoms with E-state index in [4.69, 9.17) is 10.2 Å². The van der Waals surface area contributed by atoms with Crippen molar-refractivity contribution in [1.29, 1.82) is 0 Å². The minimum atomic E-state index is -0.588. The zero-order chi connectivity index (χ0) is 5.28. The maximum atomic E-state index is 8.57. The van der Waals surface area contributed by atoms with Gasteiger partial charge in [0.1, 0.15) is 12.5 Å². The summed E-state index contributed by atoms with van der Waals surface area (Å²) in [6.07, 6.45) is -0.815. The Bertz CT molecular complexity index is 60.0. The molecule has 0 aliphatic carbocycles. The quantitative estimate of drug-likeness (QED) is 0.290. The van der Waals surface area contributed by atoms with Crippen LogP contribution in [0.4, 0.5) is 0 Å². The van der Waals surface area contributed by atoms with Gasteiger partial charge in [0.05, 0.1) is 0 Å². The average Bonchev–Trinajstić information content (AvgIpc) is 1.87. The van der Waals surface area contributed by atoms with Crippen molar-refractivity contribution in [2.24, 2.45) is 0 Å². The van der Waals surface area contributed by atoms with Crippen molar-refractivity contribution < 1.29 is 10.2 Å². The lowest BCUT2D eigenvalue weighted by Gasteiger charge is -1.93. The van der Waals surface area contributed by atoms with Crippen molar-refractivity contribution in [1.82, 2.24) is 10.9 Å². The summed E-state index contributed by atoms with van der Waals surface area (Å²) in [5.74, 6) is 0. The summed E-state index contributed by atoms with van der Waals surface area (Å²) >= 11 is 0. The molecule has 2 atom stereocenters. The van der Waals surface area contributed by atoms with Gasteiger partial charge in [0.2, 0.25) is 0 Å². The van der Waals surface area contributed by atoms with E-state index in [0.29, 0.717) is 6.42 Å². The second kappa shape index (κ2) is 1.75. The number of hydrogen-bond donors (Lipinski definition) is 4. The Morgan fingerprint density at radius 3 is 1.71 bits per heavy atom. The van der Waals surface area contributed by atoms with Gasteiger partial charge in [-0.05, 0) is 0 Å². The highest BCUT2D eigenvalue weighted by atomic mass is 16.3. The molecule has 1 heterocycles. The summed E-state index contributed by atoms with van der Waals surface area (Å²) in [5.41, 5.74) is 4.85. The fraction of sp³-hybridized carbons (Fsp3) is 1.00. The van der Waals surface area contributed by atoms with Crippen LogP contribution < -0.4 is 10.9 Å². The van der Waals surface area contributed by atoms with E-state index in [9.17, 15) is 0 Å². The number of nitrogens with one attached hydrogen (secondary N) is 2. The van der Waals surface area contributed by atoms with E-state index in [2.05, 4.69) is 10.9 Å². The first-order valence-corrected chi connectivity index (χ1v) is 2.16. The molecule has 4 heteroatoms. The molecule has 0 radical (unpaired) electrons. The van der Waals surface area contributed by atoms with Gasteiger partial charge in [0.25, 0.3) is 0 Å². The lowest BCUT2D eigenvalue weighted by atomic mass is 10.4. The van der Waals surface area contributed by atoms with Crippen molar-refractivity contribution in [2.75, 3.05) is 0 Å². The monoisotopic (exact) mass is 104 g/mol. The zero-order valence-electron chi connectivity index (χ0n) is 3.76. The van der Waals surface area contributed by atoms with Crippen LogP contribution in [0.5, 0.6) is 0 Å². The molecule has 0 spiro atoms. The predicted molar refractivity (Wildman–Crippen MR) is 22.9 cm³/mol. The predicted octanol–water partition coefficient (Wildman–Crippen LogP) is -1.88. The molecule has 4 N–H and O–H groups in total. The van der Waals surface area contributed by atoms with E-state index < -0.39 is 12.5 Å². The van der Waals surface area contributed by atoms with Crippen LogP contribution in [0.3, 0.4) is 0 Å². The fourth-order valence-corrected chi connectivity index (χ4v) is 0.522. The van der Waals surface area contributed by atoms with Gasteiger partial charge in [0, 0.05) is 6.42 Å². The first-order valence-electron chi connectivity index (χ1n) is 2.16. The van der Waals surface area contributed by atoms with Crippen molar-refractivity contribution >= 4 is 0 Å². The largest absolute Gasteiger partial charge is 0.377 e. The Labute approximate surface area is 41.1 Å². The minimum absolute atomic E-state index is 0.361. The van der Waals surface area contributed by atoms with Crippen LogP contribution in [0.1, 0.15) is 6.42 Å². The summed E-state index contributed by atoms with van der Waals surface area (Å²) in [7, 11) is 0. The maximum Gasteiger partial charge on any atom is 0.121 e.